The number of hydrogen-bond acceptors (Lipinski definition) is 5. The van der Waals surface area contributed by atoms with Gasteiger partial charge in [0, 0.05) is 24.5 Å². The number of thiophene rings is 1. The Hall–Kier alpha value is -1.24. The Morgan fingerprint density at radius 2 is 2.38 bits per heavy atom. The van der Waals surface area contributed by atoms with E-state index in [9.17, 15) is 4.79 Å². The van der Waals surface area contributed by atoms with E-state index in [0.29, 0.717) is 18.2 Å². The molecule has 21 heavy (non-hydrogen) atoms. The number of hydrogen-bond donors (Lipinski definition) is 1. The van der Waals surface area contributed by atoms with Crippen molar-refractivity contribution in [2.24, 2.45) is 11.7 Å². The van der Waals surface area contributed by atoms with Gasteiger partial charge < -0.3 is 10.6 Å². The number of nitrogens with two attached hydrogens (primary N) is 1. The molecule has 0 bridgehead atoms. The van der Waals surface area contributed by atoms with Crippen LogP contribution in [0, 0.1) is 5.92 Å². The summed E-state index contributed by atoms with van der Waals surface area (Å²) in [5.74, 6) is 0.663. The lowest BCUT2D eigenvalue weighted by Gasteiger charge is -2.37. The predicted octanol–water partition coefficient (Wildman–Crippen LogP) is 3.07. The molecule has 1 aliphatic heterocycles. The molecule has 4 nitrogen and oxygen atoms in total. The SMILES string of the molecule is CC1CCN(C(=O)c2csc(-c3cccs3)n2)C(CN)C1. The summed E-state index contributed by atoms with van der Waals surface area (Å²) in [7, 11) is 0. The number of likely N-dealkylation sites (tertiary alicyclic amines) is 1. The first-order chi connectivity index (χ1) is 10.2. The fourth-order valence-electron chi connectivity index (χ4n) is 2.77. The molecule has 2 unspecified atom stereocenters. The molecule has 2 aromatic rings. The minimum absolute atomic E-state index is 0.0245. The summed E-state index contributed by atoms with van der Waals surface area (Å²) in [6.07, 6.45) is 2.04. The van der Waals surface area contributed by atoms with Gasteiger partial charge in [-0.3, -0.25) is 4.79 Å². The Morgan fingerprint density at radius 3 is 3.10 bits per heavy atom. The monoisotopic (exact) mass is 321 g/mol. The van der Waals surface area contributed by atoms with Crippen LogP contribution in [0.25, 0.3) is 9.88 Å². The summed E-state index contributed by atoms with van der Waals surface area (Å²) in [5.41, 5.74) is 6.40. The maximum Gasteiger partial charge on any atom is 0.273 e. The first-order valence-electron chi connectivity index (χ1n) is 7.19. The van der Waals surface area contributed by atoms with E-state index in [4.69, 9.17) is 5.73 Å². The number of carbonyl (C=O) groups is 1. The fraction of sp³-hybridized carbons (Fsp3) is 0.467. The van der Waals surface area contributed by atoms with E-state index in [2.05, 4.69) is 11.9 Å². The molecule has 112 valence electrons. The molecular weight excluding hydrogens is 302 g/mol. The highest BCUT2D eigenvalue weighted by Crippen LogP contribution is 2.29. The Balaban J connectivity index is 1.78. The van der Waals surface area contributed by atoms with E-state index in [-0.39, 0.29) is 11.9 Å². The van der Waals surface area contributed by atoms with Crippen LogP contribution in [0.4, 0.5) is 0 Å². The van der Waals surface area contributed by atoms with Crippen molar-refractivity contribution in [1.82, 2.24) is 9.88 Å². The highest BCUT2D eigenvalue weighted by atomic mass is 32.1. The average molecular weight is 321 g/mol. The van der Waals surface area contributed by atoms with E-state index >= 15 is 0 Å². The molecule has 0 aromatic carbocycles. The Labute approximate surface area is 132 Å². The van der Waals surface area contributed by atoms with E-state index in [1.807, 2.05) is 27.8 Å². The van der Waals surface area contributed by atoms with Crippen LogP contribution in [0.1, 0.15) is 30.3 Å². The van der Waals surface area contributed by atoms with Gasteiger partial charge in [-0.15, -0.1) is 22.7 Å². The number of nitrogens with zero attached hydrogens (tertiary/aromatic N) is 2. The summed E-state index contributed by atoms with van der Waals surface area (Å²) in [5, 5.41) is 4.81. The van der Waals surface area contributed by atoms with Crippen LogP contribution >= 0.6 is 22.7 Å². The summed E-state index contributed by atoms with van der Waals surface area (Å²) in [4.78, 5) is 20.2. The van der Waals surface area contributed by atoms with Crippen molar-refractivity contribution in [2.45, 2.75) is 25.8 Å². The molecule has 0 saturated carbocycles. The molecule has 1 amide bonds. The smallest absolute Gasteiger partial charge is 0.273 e. The van der Waals surface area contributed by atoms with Crippen molar-refractivity contribution in [3.05, 3.63) is 28.6 Å². The lowest BCUT2D eigenvalue weighted by molar-refractivity contribution is 0.0568. The Kier molecular flexibility index (Phi) is 4.37. The third-order valence-electron chi connectivity index (χ3n) is 3.97. The lowest BCUT2D eigenvalue weighted by Crippen LogP contribution is -2.49. The number of aromatic nitrogens is 1. The average Bonchev–Trinajstić information content (AvgIpc) is 3.17. The number of amides is 1. The third-order valence-corrected chi connectivity index (χ3v) is 5.85. The number of rotatable bonds is 3. The zero-order chi connectivity index (χ0) is 14.8. The van der Waals surface area contributed by atoms with E-state index in [1.54, 1.807) is 11.3 Å². The van der Waals surface area contributed by atoms with Gasteiger partial charge in [-0.05, 0) is 30.2 Å². The van der Waals surface area contributed by atoms with E-state index in [0.717, 1.165) is 29.3 Å². The molecule has 1 aliphatic rings. The van der Waals surface area contributed by atoms with Gasteiger partial charge in [-0.1, -0.05) is 13.0 Å². The van der Waals surface area contributed by atoms with Gasteiger partial charge in [0.05, 0.1) is 4.88 Å². The van der Waals surface area contributed by atoms with Gasteiger partial charge in [-0.25, -0.2) is 4.98 Å². The molecule has 2 atom stereocenters. The second-order valence-corrected chi connectivity index (χ2v) is 7.34. The second kappa shape index (κ2) is 6.25. The molecule has 0 radical (unpaired) electrons. The topological polar surface area (TPSA) is 59.2 Å². The Bertz CT molecular complexity index is 608. The van der Waals surface area contributed by atoms with Gasteiger partial charge in [0.15, 0.2) is 0 Å². The molecule has 3 heterocycles. The van der Waals surface area contributed by atoms with Crippen molar-refractivity contribution in [2.75, 3.05) is 13.1 Å². The third kappa shape index (κ3) is 3.02. The second-order valence-electron chi connectivity index (χ2n) is 5.53. The van der Waals surface area contributed by atoms with Crippen molar-refractivity contribution >= 4 is 28.6 Å². The van der Waals surface area contributed by atoms with Crippen LogP contribution < -0.4 is 5.73 Å². The Morgan fingerprint density at radius 1 is 1.52 bits per heavy atom. The van der Waals surface area contributed by atoms with E-state index < -0.39 is 0 Å². The van der Waals surface area contributed by atoms with Crippen LogP contribution in [-0.4, -0.2) is 34.9 Å². The molecule has 6 heteroatoms. The highest BCUT2D eigenvalue weighted by Gasteiger charge is 2.30. The van der Waals surface area contributed by atoms with Crippen molar-refractivity contribution in [1.29, 1.82) is 0 Å². The fourth-order valence-corrected chi connectivity index (χ4v) is 4.38. The first-order valence-corrected chi connectivity index (χ1v) is 8.95. The molecule has 2 N–H and O–H groups in total. The highest BCUT2D eigenvalue weighted by molar-refractivity contribution is 7.20. The maximum atomic E-state index is 12.7. The largest absolute Gasteiger partial charge is 0.333 e. The zero-order valence-corrected chi connectivity index (χ0v) is 13.6. The summed E-state index contributed by atoms with van der Waals surface area (Å²) in [6.45, 7) is 3.54. The molecule has 0 spiro atoms. The summed E-state index contributed by atoms with van der Waals surface area (Å²) >= 11 is 3.17. The lowest BCUT2D eigenvalue weighted by atomic mass is 9.92. The number of piperidine rings is 1. The van der Waals surface area contributed by atoms with Gasteiger partial charge in [0.2, 0.25) is 0 Å². The normalized spacial score (nSPS) is 22.5. The number of thiazole rings is 1. The molecule has 1 saturated heterocycles. The molecule has 0 aliphatic carbocycles. The molecule has 3 rings (SSSR count). The van der Waals surface area contributed by atoms with Crippen molar-refractivity contribution < 1.29 is 4.79 Å². The number of carbonyl (C=O) groups excluding carboxylic acids is 1. The predicted molar refractivity (Wildman–Crippen MR) is 87.7 cm³/mol. The van der Waals surface area contributed by atoms with Gasteiger partial charge in [0.1, 0.15) is 10.7 Å². The molecule has 1 fully saturated rings. The molecular formula is C15H19N3OS2. The van der Waals surface area contributed by atoms with Crippen LogP contribution in [-0.2, 0) is 0 Å². The van der Waals surface area contributed by atoms with Gasteiger partial charge in [0.25, 0.3) is 5.91 Å². The van der Waals surface area contributed by atoms with Crippen LogP contribution in [0.2, 0.25) is 0 Å². The molecule has 2 aromatic heterocycles. The van der Waals surface area contributed by atoms with Gasteiger partial charge >= 0.3 is 0 Å². The summed E-state index contributed by atoms with van der Waals surface area (Å²) in [6, 6.07) is 4.18. The van der Waals surface area contributed by atoms with Gasteiger partial charge in [-0.2, -0.15) is 0 Å². The zero-order valence-electron chi connectivity index (χ0n) is 12.0. The summed E-state index contributed by atoms with van der Waals surface area (Å²) < 4.78 is 0. The van der Waals surface area contributed by atoms with Crippen molar-refractivity contribution in [3.63, 3.8) is 0 Å². The maximum absolute atomic E-state index is 12.7. The minimum Gasteiger partial charge on any atom is -0.333 e. The standard InChI is InChI=1S/C15H19N3OS2/c1-10-4-5-18(11(7-10)8-16)15(19)12-9-21-14(17-12)13-3-2-6-20-13/h2-3,6,9-11H,4-5,7-8,16H2,1H3. The van der Waals surface area contributed by atoms with Crippen LogP contribution in [0.3, 0.4) is 0 Å². The van der Waals surface area contributed by atoms with Crippen molar-refractivity contribution in [3.8, 4) is 9.88 Å². The minimum atomic E-state index is 0.0245. The van der Waals surface area contributed by atoms with E-state index in [1.165, 1.54) is 11.3 Å². The van der Waals surface area contributed by atoms with Crippen LogP contribution in [0.15, 0.2) is 22.9 Å². The first kappa shape index (κ1) is 14.7. The van der Waals surface area contributed by atoms with Crippen LogP contribution in [0.5, 0.6) is 0 Å². The quantitative estimate of drug-likeness (QED) is 0.945.